The molecule has 2 aliphatic heterocycles. The van der Waals surface area contributed by atoms with Crippen molar-refractivity contribution in [1.29, 1.82) is 0 Å². The maximum Gasteiger partial charge on any atom is 0.236 e. The van der Waals surface area contributed by atoms with Crippen LogP contribution in [-0.4, -0.2) is 70.9 Å². The van der Waals surface area contributed by atoms with E-state index in [1.165, 1.54) is 35.4 Å². The average Bonchev–Trinajstić information content (AvgIpc) is 3.11. The molecule has 1 aromatic heterocycles. The number of carbonyl (C=O) groups excluding carboxylic acids is 1. The van der Waals surface area contributed by atoms with E-state index in [9.17, 15) is 4.79 Å². The van der Waals surface area contributed by atoms with Crippen LogP contribution in [0.1, 0.15) is 29.8 Å². The number of benzene rings is 1. The van der Waals surface area contributed by atoms with Gasteiger partial charge in [0.25, 0.3) is 0 Å². The van der Waals surface area contributed by atoms with Gasteiger partial charge >= 0.3 is 0 Å². The van der Waals surface area contributed by atoms with Crippen molar-refractivity contribution in [3.8, 4) is 10.6 Å². The lowest BCUT2D eigenvalue weighted by Gasteiger charge is -2.43. The summed E-state index contributed by atoms with van der Waals surface area (Å²) in [4.78, 5) is 26.0. The van der Waals surface area contributed by atoms with Gasteiger partial charge in [-0.25, -0.2) is 4.98 Å². The number of thiazole rings is 1. The van der Waals surface area contributed by atoms with Crippen LogP contribution in [0.3, 0.4) is 0 Å². The molecule has 1 aliphatic carbocycles. The Labute approximate surface area is 171 Å². The average molecular weight is 397 g/mol. The molecule has 0 atom stereocenters. The maximum atomic E-state index is 12.8. The number of nitrogens with zero attached hydrogens (tertiary/aromatic N) is 4. The zero-order chi connectivity index (χ0) is 18.9. The van der Waals surface area contributed by atoms with Crippen molar-refractivity contribution in [3.05, 3.63) is 40.9 Å². The van der Waals surface area contributed by atoms with Crippen LogP contribution in [0.4, 0.5) is 0 Å². The quantitative estimate of drug-likeness (QED) is 0.797. The Morgan fingerprint density at radius 3 is 2.57 bits per heavy atom. The third kappa shape index (κ3) is 3.73. The summed E-state index contributed by atoms with van der Waals surface area (Å²) in [7, 11) is 0. The second kappa shape index (κ2) is 7.93. The largest absolute Gasteiger partial charge is 0.339 e. The molecule has 5 nitrogen and oxygen atoms in total. The summed E-state index contributed by atoms with van der Waals surface area (Å²) in [6.07, 6.45) is 5.03. The molecule has 1 saturated carbocycles. The minimum absolute atomic E-state index is 0.296. The van der Waals surface area contributed by atoms with E-state index < -0.39 is 0 Å². The van der Waals surface area contributed by atoms with E-state index in [4.69, 9.17) is 4.98 Å². The summed E-state index contributed by atoms with van der Waals surface area (Å²) < 4.78 is 0. The molecule has 1 aromatic carbocycles. The molecular weight excluding hydrogens is 368 g/mol. The molecule has 6 heteroatoms. The van der Waals surface area contributed by atoms with E-state index in [0.717, 1.165) is 56.7 Å². The van der Waals surface area contributed by atoms with Gasteiger partial charge in [0.2, 0.25) is 5.91 Å². The number of piperazine rings is 1. The molecule has 2 fully saturated rings. The van der Waals surface area contributed by atoms with Gasteiger partial charge in [-0.05, 0) is 12.8 Å². The van der Waals surface area contributed by atoms with Gasteiger partial charge in [0.15, 0.2) is 0 Å². The van der Waals surface area contributed by atoms with Gasteiger partial charge in [-0.15, -0.1) is 11.3 Å². The molecule has 0 unspecified atom stereocenters. The SMILES string of the molecule is O=C(CN1CCc2nc(-c3ccccc3)sc2C1)N1CCN(C2CCC2)CC1. The molecule has 0 radical (unpaired) electrons. The zero-order valence-electron chi connectivity index (χ0n) is 16.3. The van der Waals surface area contributed by atoms with Gasteiger partial charge < -0.3 is 4.90 Å². The predicted molar refractivity (Wildman–Crippen MR) is 112 cm³/mol. The first-order valence-electron chi connectivity index (χ1n) is 10.5. The van der Waals surface area contributed by atoms with E-state index >= 15 is 0 Å². The zero-order valence-corrected chi connectivity index (χ0v) is 17.2. The first kappa shape index (κ1) is 18.3. The van der Waals surface area contributed by atoms with Gasteiger partial charge in [-0.1, -0.05) is 36.8 Å². The van der Waals surface area contributed by atoms with Crippen LogP contribution < -0.4 is 0 Å². The van der Waals surface area contributed by atoms with Crippen LogP contribution in [0.15, 0.2) is 30.3 Å². The lowest BCUT2D eigenvalue weighted by Crippen LogP contribution is -2.55. The summed E-state index contributed by atoms with van der Waals surface area (Å²) in [6.45, 7) is 6.22. The summed E-state index contributed by atoms with van der Waals surface area (Å²) >= 11 is 1.78. The van der Waals surface area contributed by atoms with Gasteiger partial charge in [0.1, 0.15) is 5.01 Å². The molecule has 0 spiro atoms. The second-order valence-electron chi connectivity index (χ2n) is 8.22. The van der Waals surface area contributed by atoms with Crippen molar-refractivity contribution in [2.24, 2.45) is 0 Å². The number of fused-ring (bicyclic) bond motifs is 1. The standard InChI is InChI=1S/C22H28N4OS/c27-21(26-13-11-25(12-14-26)18-7-4-8-18)16-24-10-9-19-20(15-24)28-22(23-19)17-5-2-1-3-6-17/h1-3,5-6,18H,4,7-16H2. The minimum atomic E-state index is 0.296. The number of aromatic nitrogens is 1. The van der Waals surface area contributed by atoms with Gasteiger partial charge in [0.05, 0.1) is 12.2 Å². The normalized spacial score (nSPS) is 21.4. The Morgan fingerprint density at radius 2 is 1.86 bits per heavy atom. The highest BCUT2D eigenvalue weighted by atomic mass is 32.1. The monoisotopic (exact) mass is 396 g/mol. The molecule has 148 valence electrons. The van der Waals surface area contributed by atoms with Crippen molar-refractivity contribution >= 4 is 17.2 Å². The van der Waals surface area contributed by atoms with Gasteiger partial charge in [-0.3, -0.25) is 14.6 Å². The topological polar surface area (TPSA) is 39.7 Å². The smallest absolute Gasteiger partial charge is 0.236 e. The fourth-order valence-corrected chi connectivity index (χ4v) is 5.62. The van der Waals surface area contributed by atoms with Crippen molar-refractivity contribution in [3.63, 3.8) is 0 Å². The fraction of sp³-hybridized carbons (Fsp3) is 0.545. The second-order valence-corrected chi connectivity index (χ2v) is 9.30. The Hall–Kier alpha value is -1.76. The van der Waals surface area contributed by atoms with E-state index in [0.29, 0.717) is 12.5 Å². The highest BCUT2D eigenvalue weighted by Crippen LogP contribution is 2.31. The number of hydrogen-bond donors (Lipinski definition) is 0. The molecule has 3 aliphatic rings. The molecular formula is C22H28N4OS. The Morgan fingerprint density at radius 1 is 1.07 bits per heavy atom. The fourth-order valence-electron chi connectivity index (χ4n) is 4.47. The Bertz CT molecular complexity index is 824. The number of amides is 1. The van der Waals surface area contributed by atoms with E-state index in [-0.39, 0.29) is 0 Å². The Kier molecular flexibility index (Phi) is 5.18. The summed E-state index contributed by atoms with van der Waals surface area (Å²) in [5, 5.41) is 1.10. The maximum absolute atomic E-state index is 12.8. The van der Waals surface area contributed by atoms with Gasteiger partial charge in [-0.2, -0.15) is 0 Å². The van der Waals surface area contributed by atoms with E-state index in [1.54, 1.807) is 11.3 Å². The number of rotatable bonds is 4. The van der Waals surface area contributed by atoms with Crippen LogP contribution in [-0.2, 0) is 17.8 Å². The number of hydrogen-bond acceptors (Lipinski definition) is 5. The molecule has 1 saturated heterocycles. The molecule has 28 heavy (non-hydrogen) atoms. The molecule has 0 N–H and O–H groups in total. The van der Waals surface area contributed by atoms with Gasteiger partial charge in [0, 0.05) is 62.2 Å². The number of carbonyl (C=O) groups is 1. The van der Waals surface area contributed by atoms with E-state index in [2.05, 4.69) is 39.0 Å². The molecule has 1 amide bonds. The molecule has 5 rings (SSSR count). The minimum Gasteiger partial charge on any atom is -0.339 e. The summed E-state index contributed by atoms with van der Waals surface area (Å²) in [6, 6.07) is 11.2. The third-order valence-corrected chi connectivity index (χ3v) is 7.58. The van der Waals surface area contributed by atoms with Crippen molar-refractivity contribution in [1.82, 2.24) is 19.7 Å². The van der Waals surface area contributed by atoms with Crippen LogP contribution in [0.2, 0.25) is 0 Å². The Balaban J connectivity index is 1.16. The van der Waals surface area contributed by atoms with Crippen LogP contribution in [0.5, 0.6) is 0 Å². The molecule has 0 bridgehead atoms. The first-order chi connectivity index (χ1) is 13.8. The van der Waals surface area contributed by atoms with Crippen molar-refractivity contribution in [2.75, 3.05) is 39.3 Å². The molecule has 3 heterocycles. The van der Waals surface area contributed by atoms with Crippen LogP contribution >= 0.6 is 11.3 Å². The highest BCUT2D eigenvalue weighted by Gasteiger charge is 2.30. The summed E-state index contributed by atoms with van der Waals surface area (Å²) in [5.74, 6) is 0.296. The first-order valence-corrected chi connectivity index (χ1v) is 11.4. The summed E-state index contributed by atoms with van der Waals surface area (Å²) in [5.41, 5.74) is 2.41. The van der Waals surface area contributed by atoms with E-state index in [1.807, 2.05) is 6.07 Å². The molecule has 2 aromatic rings. The lowest BCUT2D eigenvalue weighted by molar-refractivity contribution is -0.135. The van der Waals surface area contributed by atoms with Crippen molar-refractivity contribution in [2.45, 2.75) is 38.3 Å². The predicted octanol–water partition coefficient (Wildman–Crippen LogP) is 2.86. The van der Waals surface area contributed by atoms with Crippen LogP contribution in [0, 0.1) is 0 Å². The van der Waals surface area contributed by atoms with Crippen LogP contribution in [0.25, 0.3) is 10.6 Å². The third-order valence-electron chi connectivity index (χ3n) is 6.45. The van der Waals surface area contributed by atoms with Crippen molar-refractivity contribution < 1.29 is 4.79 Å². The highest BCUT2D eigenvalue weighted by molar-refractivity contribution is 7.15. The lowest BCUT2D eigenvalue weighted by atomic mass is 9.91.